The minimum Gasteiger partial charge on any atom is -0.483 e. The summed E-state index contributed by atoms with van der Waals surface area (Å²) in [4.78, 5) is 51.2. The molecule has 1 saturated heterocycles. The van der Waals surface area contributed by atoms with Crippen molar-refractivity contribution in [3.63, 3.8) is 0 Å². The quantitative estimate of drug-likeness (QED) is 0.298. The first-order valence-corrected chi connectivity index (χ1v) is 12.0. The molecular formula is C25H16Br2FN3O5. The van der Waals surface area contributed by atoms with Crippen molar-refractivity contribution >= 4 is 73.1 Å². The Bertz CT molecular complexity index is 1410. The number of benzene rings is 3. The van der Waals surface area contributed by atoms with Crippen LogP contribution in [-0.4, -0.2) is 30.4 Å². The highest BCUT2D eigenvalue weighted by Gasteiger charge is 2.37. The molecule has 1 fully saturated rings. The largest absolute Gasteiger partial charge is 0.483 e. The normalized spacial score (nSPS) is 14.6. The number of ether oxygens (including phenoxy) is 1. The Balaban J connectivity index is 1.58. The Morgan fingerprint density at radius 2 is 1.69 bits per heavy atom. The van der Waals surface area contributed by atoms with E-state index in [2.05, 4.69) is 42.5 Å². The molecule has 0 spiro atoms. The van der Waals surface area contributed by atoms with Gasteiger partial charge in [0.2, 0.25) is 0 Å². The Hall–Kier alpha value is -3.83. The third kappa shape index (κ3) is 5.69. The number of nitrogens with zero attached hydrogens (tertiary/aromatic N) is 1. The van der Waals surface area contributed by atoms with Crippen LogP contribution in [0.25, 0.3) is 6.08 Å². The Morgan fingerprint density at radius 3 is 2.42 bits per heavy atom. The van der Waals surface area contributed by atoms with Crippen molar-refractivity contribution < 1.29 is 28.3 Å². The second-order valence-corrected chi connectivity index (χ2v) is 9.26. The molecule has 1 aliphatic rings. The third-order valence-corrected chi connectivity index (χ3v) is 5.99. The average molecular weight is 617 g/mol. The maximum atomic E-state index is 13.8. The van der Waals surface area contributed by atoms with Crippen LogP contribution in [0.3, 0.4) is 0 Å². The lowest BCUT2D eigenvalue weighted by atomic mass is 10.1. The minimum atomic E-state index is -0.875. The molecule has 0 radical (unpaired) electrons. The number of hydrogen-bond acceptors (Lipinski definition) is 5. The number of carbonyl (C=O) groups excluding carboxylic acids is 4. The number of rotatable bonds is 6. The summed E-state index contributed by atoms with van der Waals surface area (Å²) in [6.07, 6.45) is 1.27. The highest BCUT2D eigenvalue weighted by Crippen LogP contribution is 2.28. The first-order valence-electron chi connectivity index (χ1n) is 10.4. The van der Waals surface area contributed by atoms with Gasteiger partial charge in [0.05, 0.1) is 11.4 Å². The summed E-state index contributed by atoms with van der Waals surface area (Å²) in [7, 11) is 0. The molecule has 3 aromatic rings. The van der Waals surface area contributed by atoms with Crippen molar-refractivity contribution in [3.8, 4) is 5.75 Å². The van der Waals surface area contributed by atoms with Gasteiger partial charge in [0.1, 0.15) is 17.1 Å². The lowest BCUT2D eigenvalue weighted by molar-refractivity contribution is -0.122. The van der Waals surface area contributed by atoms with E-state index in [4.69, 9.17) is 4.74 Å². The summed E-state index contributed by atoms with van der Waals surface area (Å²) in [5, 5.41) is 4.57. The lowest BCUT2D eigenvalue weighted by Crippen LogP contribution is -2.54. The Labute approximate surface area is 221 Å². The molecule has 36 heavy (non-hydrogen) atoms. The highest BCUT2D eigenvalue weighted by molar-refractivity contribution is 9.10. The molecule has 182 valence electrons. The van der Waals surface area contributed by atoms with Crippen LogP contribution in [-0.2, 0) is 14.4 Å². The van der Waals surface area contributed by atoms with E-state index in [1.165, 1.54) is 30.3 Å². The summed E-state index contributed by atoms with van der Waals surface area (Å²) in [5.74, 6) is -2.72. The van der Waals surface area contributed by atoms with Gasteiger partial charge in [-0.2, -0.15) is 0 Å². The van der Waals surface area contributed by atoms with Crippen LogP contribution in [0.2, 0.25) is 0 Å². The van der Waals surface area contributed by atoms with Gasteiger partial charge in [0, 0.05) is 14.5 Å². The fraction of sp³-hybridized carbons (Fsp3) is 0.0400. The number of nitrogens with one attached hydrogen (secondary N) is 2. The SMILES string of the molecule is O=C(COc1ccc(Br)cc1/C=C1\C(=O)NC(=O)N(c2ccc(Br)cc2)C1=O)Nc1ccccc1F. The molecule has 0 unspecified atom stereocenters. The fourth-order valence-corrected chi connectivity index (χ4v) is 3.94. The van der Waals surface area contributed by atoms with Gasteiger partial charge in [-0.15, -0.1) is 0 Å². The summed E-state index contributed by atoms with van der Waals surface area (Å²) in [6, 6.07) is 16.0. The topological polar surface area (TPSA) is 105 Å². The van der Waals surface area contributed by atoms with Gasteiger partial charge in [-0.25, -0.2) is 14.1 Å². The summed E-state index contributed by atoms with van der Waals surface area (Å²) in [6.45, 7) is -0.463. The van der Waals surface area contributed by atoms with Gasteiger partial charge in [-0.05, 0) is 60.7 Å². The van der Waals surface area contributed by atoms with Crippen LogP contribution >= 0.6 is 31.9 Å². The summed E-state index contributed by atoms with van der Waals surface area (Å²) < 4.78 is 20.7. The van der Waals surface area contributed by atoms with E-state index in [0.29, 0.717) is 10.0 Å². The molecule has 0 saturated carbocycles. The molecule has 0 bridgehead atoms. The van der Waals surface area contributed by atoms with Gasteiger partial charge >= 0.3 is 6.03 Å². The van der Waals surface area contributed by atoms with Crippen LogP contribution in [0.15, 0.2) is 81.2 Å². The molecular weight excluding hydrogens is 601 g/mol. The third-order valence-electron chi connectivity index (χ3n) is 4.96. The van der Waals surface area contributed by atoms with Gasteiger partial charge in [0.15, 0.2) is 6.61 Å². The molecule has 0 aliphatic carbocycles. The number of hydrogen-bond donors (Lipinski definition) is 2. The predicted octanol–water partition coefficient (Wildman–Crippen LogP) is 5.03. The van der Waals surface area contributed by atoms with E-state index in [9.17, 15) is 23.6 Å². The van der Waals surface area contributed by atoms with E-state index in [-0.39, 0.29) is 22.7 Å². The van der Waals surface area contributed by atoms with Crippen molar-refractivity contribution in [2.24, 2.45) is 0 Å². The highest BCUT2D eigenvalue weighted by atomic mass is 79.9. The second-order valence-electron chi connectivity index (χ2n) is 7.43. The zero-order valence-electron chi connectivity index (χ0n) is 18.3. The van der Waals surface area contributed by atoms with E-state index >= 15 is 0 Å². The Kier molecular flexibility index (Phi) is 7.61. The van der Waals surface area contributed by atoms with Crippen molar-refractivity contribution in [2.45, 2.75) is 0 Å². The van der Waals surface area contributed by atoms with Crippen molar-refractivity contribution in [2.75, 3.05) is 16.8 Å². The van der Waals surface area contributed by atoms with Crippen LogP contribution in [0.1, 0.15) is 5.56 Å². The predicted molar refractivity (Wildman–Crippen MR) is 138 cm³/mol. The molecule has 1 heterocycles. The zero-order chi connectivity index (χ0) is 25.8. The van der Waals surface area contributed by atoms with Crippen molar-refractivity contribution in [1.29, 1.82) is 0 Å². The van der Waals surface area contributed by atoms with E-state index in [1.807, 2.05) is 0 Å². The number of carbonyl (C=O) groups is 4. The maximum Gasteiger partial charge on any atom is 0.335 e. The summed E-state index contributed by atoms with van der Waals surface area (Å²) >= 11 is 6.62. The van der Waals surface area contributed by atoms with Crippen LogP contribution in [0.4, 0.5) is 20.6 Å². The number of barbiturate groups is 1. The van der Waals surface area contributed by atoms with Gasteiger partial charge in [-0.3, -0.25) is 19.7 Å². The smallest absolute Gasteiger partial charge is 0.335 e. The minimum absolute atomic E-state index is 0.00595. The molecule has 3 aromatic carbocycles. The number of halogens is 3. The lowest BCUT2D eigenvalue weighted by Gasteiger charge is -2.26. The van der Waals surface area contributed by atoms with Gasteiger partial charge < -0.3 is 10.1 Å². The van der Waals surface area contributed by atoms with Gasteiger partial charge in [-0.1, -0.05) is 44.0 Å². The van der Waals surface area contributed by atoms with Gasteiger partial charge in [0.25, 0.3) is 17.7 Å². The number of para-hydroxylation sites is 1. The molecule has 8 nitrogen and oxygen atoms in total. The maximum absolute atomic E-state index is 13.8. The monoisotopic (exact) mass is 615 g/mol. The first kappa shape index (κ1) is 25.3. The molecule has 2 N–H and O–H groups in total. The number of urea groups is 1. The molecule has 11 heteroatoms. The number of anilines is 2. The fourth-order valence-electron chi connectivity index (χ4n) is 3.29. The van der Waals surface area contributed by atoms with Crippen LogP contribution in [0.5, 0.6) is 5.75 Å². The molecule has 0 aromatic heterocycles. The molecule has 4 rings (SSSR count). The summed E-state index contributed by atoms with van der Waals surface area (Å²) in [5.41, 5.74) is 0.268. The van der Waals surface area contributed by atoms with Crippen LogP contribution in [0, 0.1) is 5.82 Å². The van der Waals surface area contributed by atoms with E-state index < -0.39 is 36.2 Å². The second kappa shape index (κ2) is 10.8. The molecule has 5 amide bonds. The standard InChI is InChI=1S/C25H16Br2FN3O5/c26-15-5-8-17(9-6-15)31-24(34)18(23(33)30-25(31)35)12-14-11-16(27)7-10-21(14)36-13-22(32)29-20-4-2-1-3-19(20)28/h1-12H,13H2,(H,29,32)(H,30,33,35)/b18-12+. The van der Waals surface area contributed by atoms with Crippen molar-refractivity contribution in [1.82, 2.24) is 5.32 Å². The van der Waals surface area contributed by atoms with E-state index in [1.54, 1.807) is 42.5 Å². The Morgan fingerprint density at radius 1 is 1.00 bits per heavy atom. The number of amides is 5. The first-order chi connectivity index (χ1) is 17.2. The van der Waals surface area contributed by atoms with Crippen LogP contribution < -0.4 is 20.3 Å². The van der Waals surface area contributed by atoms with Crippen molar-refractivity contribution in [3.05, 3.63) is 92.6 Å². The molecule has 1 aliphatic heterocycles. The van der Waals surface area contributed by atoms with E-state index in [0.717, 1.165) is 9.37 Å². The zero-order valence-corrected chi connectivity index (χ0v) is 21.4. The number of imide groups is 2. The average Bonchev–Trinajstić information content (AvgIpc) is 2.84. The molecule has 0 atom stereocenters.